The Balaban J connectivity index is 1.41. The van der Waals surface area contributed by atoms with Crippen molar-refractivity contribution in [1.82, 2.24) is 20.3 Å². The molecule has 0 bridgehead atoms. The highest BCUT2D eigenvalue weighted by Crippen LogP contribution is 2.42. The summed E-state index contributed by atoms with van der Waals surface area (Å²) in [7, 11) is 0. The Morgan fingerprint density at radius 3 is 2.77 bits per heavy atom. The lowest BCUT2D eigenvalue weighted by Crippen LogP contribution is -2.43. The smallest absolute Gasteiger partial charge is 0.319 e. The Bertz CT molecular complexity index is 1820. The van der Waals surface area contributed by atoms with Crippen LogP contribution >= 0.6 is 0 Å². The molecule has 3 aliphatic heterocycles. The van der Waals surface area contributed by atoms with E-state index in [-0.39, 0.29) is 51.5 Å². The summed E-state index contributed by atoms with van der Waals surface area (Å²) in [5.74, 6) is 0.0301. The van der Waals surface area contributed by atoms with Gasteiger partial charge in [-0.05, 0) is 67.4 Å². The molecule has 1 aromatic heterocycles. The zero-order chi connectivity index (χ0) is 30.6. The maximum atomic E-state index is 16.8. The average Bonchev–Trinajstić information content (AvgIpc) is 3.38. The molecule has 11 heteroatoms. The van der Waals surface area contributed by atoms with E-state index < -0.39 is 34.7 Å². The lowest BCUT2D eigenvalue weighted by Gasteiger charge is -2.31. The number of benzene rings is 3. The van der Waals surface area contributed by atoms with Crippen LogP contribution in [0.15, 0.2) is 30.3 Å². The van der Waals surface area contributed by atoms with E-state index >= 15 is 8.78 Å². The molecule has 4 aromatic rings. The van der Waals surface area contributed by atoms with E-state index in [0.29, 0.717) is 31.4 Å². The number of nitrogens with one attached hydrogen (secondary N) is 1. The quantitative estimate of drug-likeness (QED) is 0.167. The van der Waals surface area contributed by atoms with Gasteiger partial charge >= 0.3 is 6.01 Å². The van der Waals surface area contributed by atoms with Gasteiger partial charge in [-0.3, -0.25) is 9.91 Å². The third-order valence-corrected chi connectivity index (χ3v) is 9.19. The summed E-state index contributed by atoms with van der Waals surface area (Å²) in [5, 5.41) is 2.53. The topological polar surface area (TPSA) is 79.5 Å². The fourth-order valence-corrected chi connectivity index (χ4v) is 7.17. The number of halogens is 4. The molecule has 3 saturated heterocycles. The summed E-state index contributed by atoms with van der Waals surface area (Å²) in [6.45, 7) is 2.51. The summed E-state index contributed by atoms with van der Waals surface area (Å²) >= 11 is 0. The van der Waals surface area contributed by atoms with Crippen LogP contribution in [-0.4, -0.2) is 59.4 Å². The standard InChI is InChI=1S/C33H32F4N6O/c1-2-22-25(35)8-7-19-13-21(38)14-23(27(19)22)28-26(36)15-24-30(29(28)37)40-32(41-31(24)43-12-5-3-4-10-39-43)44-18-33-9-6-11-42(33)17-20(34)16-33/h1,7-8,13-15,20,39H,3-6,9-12,16-18,38H2/t20-,33+/m1/s1. The molecule has 3 fully saturated rings. The van der Waals surface area contributed by atoms with Crippen molar-refractivity contribution in [2.75, 3.05) is 43.5 Å². The van der Waals surface area contributed by atoms with Gasteiger partial charge in [-0.1, -0.05) is 18.4 Å². The zero-order valence-corrected chi connectivity index (χ0v) is 24.1. The fourth-order valence-electron chi connectivity index (χ4n) is 7.17. The molecule has 3 aromatic carbocycles. The van der Waals surface area contributed by atoms with Crippen molar-refractivity contribution >= 4 is 33.2 Å². The Labute approximate surface area is 252 Å². The normalized spacial score (nSPS) is 22.3. The Hall–Kier alpha value is -4.14. The van der Waals surface area contributed by atoms with Crippen LogP contribution in [0, 0.1) is 29.8 Å². The molecule has 3 N–H and O–H groups in total. The number of nitrogen functional groups attached to an aromatic ring is 1. The predicted octanol–water partition coefficient (Wildman–Crippen LogP) is 5.88. The van der Waals surface area contributed by atoms with E-state index in [1.165, 1.54) is 24.3 Å². The lowest BCUT2D eigenvalue weighted by atomic mass is 9.92. The SMILES string of the molecule is C#Cc1c(F)ccc2cc(N)cc(-c3c(F)cc4c(N5CCCCCN5)nc(OC[C@@]56CCCN5C[C@H](F)C6)nc4c3F)c12. The number of ether oxygens (including phenoxy) is 1. The molecule has 44 heavy (non-hydrogen) atoms. The second-order valence-corrected chi connectivity index (χ2v) is 12.0. The highest BCUT2D eigenvalue weighted by molar-refractivity contribution is 6.05. The Morgan fingerprint density at radius 1 is 1.07 bits per heavy atom. The highest BCUT2D eigenvalue weighted by Gasteiger charge is 2.49. The number of hydrogen-bond donors (Lipinski definition) is 2. The second kappa shape index (κ2) is 11.1. The third kappa shape index (κ3) is 4.77. The van der Waals surface area contributed by atoms with Crippen LogP contribution in [0.2, 0.25) is 0 Å². The minimum absolute atomic E-state index is 0.0142. The van der Waals surface area contributed by atoms with Crippen LogP contribution in [0.25, 0.3) is 32.8 Å². The number of aromatic nitrogens is 2. The number of nitrogens with zero attached hydrogens (tertiary/aromatic N) is 4. The molecule has 3 aliphatic rings. The molecular weight excluding hydrogens is 572 g/mol. The van der Waals surface area contributed by atoms with E-state index in [0.717, 1.165) is 38.6 Å². The van der Waals surface area contributed by atoms with Crippen LogP contribution in [-0.2, 0) is 0 Å². The minimum atomic E-state index is -0.979. The number of nitrogens with two attached hydrogens (primary N) is 1. The Morgan fingerprint density at radius 2 is 1.93 bits per heavy atom. The summed E-state index contributed by atoms with van der Waals surface area (Å²) < 4.78 is 68.3. The maximum Gasteiger partial charge on any atom is 0.319 e. The van der Waals surface area contributed by atoms with Gasteiger partial charge in [0.25, 0.3) is 0 Å². The fraction of sp³-hybridized carbons (Fsp3) is 0.394. The summed E-state index contributed by atoms with van der Waals surface area (Å²) in [6.07, 6.45) is 9.55. The van der Waals surface area contributed by atoms with E-state index in [1.807, 2.05) is 0 Å². The number of fused-ring (bicyclic) bond motifs is 3. The molecular formula is C33H32F4N6O. The molecule has 7 nitrogen and oxygen atoms in total. The maximum absolute atomic E-state index is 16.8. The van der Waals surface area contributed by atoms with Crippen molar-refractivity contribution in [3.05, 3.63) is 53.3 Å². The van der Waals surface area contributed by atoms with Crippen molar-refractivity contribution in [1.29, 1.82) is 0 Å². The monoisotopic (exact) mass is 604 g/mol. The number of hydrazine groups is 1. The number of terminal acetylenes is 1. The molecule has 0 amide bonds. The van der Waals surface area contributed by atoms with Crippen LogP contribution in [0.3, 0.4) is 0 Å². The van der Waals surface area contributed by atoms with Gasteiger partial charge in [0, 0.05) is 37.1 Å². The first kappa shape index (κ1) is 28.6. The van der Waals surface area contributed by atoms with Gasteiger partial charge in [0.15, 0.2) is 11.6 Å². The van der Waals surface area contributed by atoms with E-state index in [1.54, 1.807) is 11.1 Å². The van der Waals surface area contributed by atoms with Crippen LogP contribution < -0.4 is 20.9 Å². The van der Waals surface area contributed by atoms with Gasteiger partial charge < -0.3 is 10.5 Å². The zero-order valence-electron chi connectivity index (χ0n) is 24.1. The highest BCUT2D eigenvalue weighted by atomic mass is 19.1. The number of hydrogen-bond acceptors (Lipinski definition) is 7. The predicted molar refractivity (Wildman–Crippen MR) is 162 cm³/mol. The first-order valence-electron chi connectivity index (χ1n) is 15.0. The number of anilines is 2. The molecule has 2 atom stereocenters. The molecule has 0 radical (unpaired) electrons. The van der Waals surface area contributed by atoms with Crippen molar-refractivity contribution in [2.45, 2.75) is 50.2 Å². The molecule has 228 valence electrons. The van der Waals surface area contributed by atoms with Crippen LogP contribution in [0.1, 0.15) is 44.1 Å². The lowest BCUT2D eigenvalue weighted by molar-refractivity contribution is 0.107. The number of alkyl halides is 1. The first-order chi connectivity index (χ1) is 21.3. The van der Waals surface area contributed by atoms with Gasteiger partial charge in [0.1, 0.15) is 29.9 Å². The van der Waals surface area contributed by atoms with Gasteiger partial charge in [0.05, 0.1) is 22.1 Å². The Kier molecular flexibility index (Phi) is 7.22. The van der Waals surface area contributed by atoms with E-state index in [2.05, 4.69) is 26.2 Å². The van der Waals surface area contributed by atoms with E-state index in [9.17, 15) is 8.78 Å². The largest absolute Gasteiger partial charge is 0.461 e. The molecule has 0 aliphatic carbocycles. The summed E-state index contributed by atoms with van der Waals surface area (Å²) in [4.78, 5) is 11.2. The van der Waals surface area contributed by atoms with Crippen molar-refractivity contribution < 1.29 is 22.3 Å². The second-order valence-electron chi connectivity index (χ2n) is 12.0. The van der Waals surface area contributed by atoms with Crippen LogP contribution in [0.5, 0.6) is 6.01 Å². The van der Waals surface area contributed by atoms with E-state index in [4.69, 9.17) is 16.9 Å². The van der Waals surface area contributed by atoms with Crippen molar-refractivity contribution in [3.8, 4) is 29.5 Å². The molecule has 0 spiro atoms. The summed E-state index contributed by atoms with van der Waals surface area (Å²) in [6, 6.07) is 6.72. The molecule has 0 unspecified atom stereocenters. The van der Waals surface area contributed by atoms with Crippen molar-refractivity contribution in [3.63, 3.8) is 0 Å². The van der Waals surface area contributed by atoms with Gasteiger partial charge in [0.2, 0.25) is 0 Å². The van der Waals surface area contributed by atoms with Gasteiger partial charge in [-0.2, -0.15) is 9.97 Å². The molecule has 4 heterocycles. The number of rotatable bonds is 5. The average molecular weight is 605 g/mol. The van der Waals surface area contributed by atoms with Crippen molar-refractivity contribution in [2.24, 2.45) is 0 Å². The summed E-state index contributed by atoms with van der Waals surface area (Å²) in [5.41, 5.74) is 8.47. The van der Waals surface area contributed by atoms with Crippen LogP contribution in [0.4, 0.5) is 29.1 Å². The molecule has 7 rings (SSSR count). The van der Waals surface area contributed by atoms with Gasteiger partial charge in [-0.25, -0.2) is 23.0 Å². The van der Waals surface area contributed by atoms with Gasteiger partial charge in [-0.15, -0.1) is 6.42 Å². The third-order valence-electron chi connectivity index (χ3n) is 9.19. The molecule has 0 saturated carbocycles. The minimum Gasteiger partial charge on any atom is -0.461 e. The first-order valence-corrected chi connectivity index (χ1v) is 15.0.